The first-order valence-corrected chi connectivity index (χ1v) is 9.46. The Bertz CT molecular complexity index is 971. The Morgan fingerprint density at radius 1 is 1.22 bits per heavy atom. The SMILES string of the molecule is CCn1c(SCc2ccc(OC)c([N+](=O)[O-])c2)nnc1-c1cccc(C)c1. The van der Waals surface area contributed by atoms with Gasteiger partial charge in [0.05, 0.1) is 12.0 Å². The number of nitro groups is 1. The van der Waals surface area contributed by atoms with Gasteiger partial charge < -0.3 is 9.30 Å². The van der Waals surface area contributed by atoms with E-state index in [1.54, 1.807) is 12.1 Å². The maximum atomic E-state index is 11.2. The number of nitro benzene ring substituents is 1. The fourth-order valence-corrected chi connectivity index (χ4v) is 3.74. The van der Waals surface area contributed by atoms with E-state index in [9.17, 15) is 10.1 Å². The molecule has 1 heterocycles. The van der Waals surface area contributed by atoms with E-state index < -0.39 is 4.92 Å². The third kappa shape index (κ3) is 4.11. The molecule has 0 fully saturated rings. The lowest BCUT2D eigenvalue weighted by molar-refractivity contribution is -0.385. The van der Waals surface area contributed by atoms with Gasteiger partial charge in [0.1, 0.15) is 0 Å². The van der Waals surface area contributed by atoms with E-state index in [4.69, 9.17) is 4.74 Å². The molecule has 2 aromatic carbocycles. The fraction of sp³-hybridized carbons (Fsp3) is 0.263. The van der Waals surface area contributed by atoms with Crippen molar-refractivity contribution in [1.82, 2.24) is 14.8 Å². The molecule has 3 rings (SSSR count). The van der Waals surface area contributed by atoms with Crippen LogP contribution in [0.3, 0.4) is 0 Å². The molecule has 0 aliphatic heterocycles. The Hall–Kier alpha value is -2.87. The van der Waals surface area contributed by atoms with Gasteiger partial charge >= 0.3 is 5.69 Å². The van der Waals surface area contributed by atoms with Gasteiger partial charge in [-0.05, 0) is 31.5 Å². The lowest BCUT2D eigenvalue weighted by Gasteiger charge is -2.08. The van der Waals surface area contributed by atoms with Crippen LogP contribution in [0.25, 0.3) is 11.4 Å². The third-order valence-electron chi connectivity index (χ3n) is 4.12. The molecule has 27 heavy (non-hydrogen) atoms. The number of nitrogens with zero attached hydrogens (tertiary/aromatic N) is 4. The standard InChI is InChI=1S/C19H20N4O3S/c1-4-22-18(15-7-5-6-13(2)10-15)20-21-19(22)27-12-14-8-9-17(26-3)16(11-14)23(24)25/h5-11H,4,12H2,1-3H3. The van der Waals surface area contributed by atoms with Gasteiger partial charge in [-0.15, -0.1) is 10.2 Å². The van der Waals surface area contributed by atoms with Crippen LogP contribution in [0.2, 0.25) is 0 Å². The van der Waals surface area contributed by atoms with Crippen molar-refractivity contribution in [3.05, 3.63) is 63.7 Å². The van der Waals surface area contributed by atoms with Crippen molar-refractivity contribution < 1.29 is 9.66 Å². The molecule has 0 amide bonds. The number of methoxy groups -OCH3 is 1. The Morgan fingerprint density at radius 2 is 2.04 bits per heavy atom. The summed E-state index contributed by atoms with van der Waals surface area (Å²) in [4.78, 5) is 10.8. The highest BCUT2D eigenvalue weighted by molar-refractivity contribution is 7.98. The quantitative estimate of drug-likeness (QED) is 0.339. The van der Waals surface area contributed by atoms with Crippen LogP contribution in [-0.2, 0) is 12.3 Å². The molecule has 0 saturated heterocycles. The van der Waals surface area contributed by atoms with Crippen LogP contribution < -0.4 is 4.74 Å². The molecule has 1 aromatic heterocycles. The lowest BCUT2D eigenvalue weighted by atomic mass is 10.1. The summed E-state index contributed by atoms with van der Waals surface area (Å²) in [6.07, 6.45) is 0. The highest BCUT2D eigenvalue weighted by Gasteiger charge is 2.17. The molecule has 0 N–H and O–H groups in total. The van der Waals surface area contributed by atoms with Crippen molar-refractivity contribution in [1.29, 1.82) is 0 Å². The molecule has 0 saturated carbocycles. The van der Waals surface area contributed by atoms with E-state index in [1.165, 1.54) is 18.9 Å². The second-order valence-corrected chi connectivity index (χ2v) is 6.91. The molecule has 0 aliphatic rings. The summed E-state index contributed by atoms with van der Waals surface area (Å²) in [7, 11) is 1.42. The second kappa shape index (κ2) is 8.22. The van der Waals surface area contributed by atoms with Crippen LogP contribution in [0.4, 0.5) is 5.69 Å². The van der Waals surface area contributed by atoms with Crippen LogP contribution in [0.15, 0.2) is 47.6 Å². The minimum absolute atomic E-state index is 0.0343. The number of aryl methyl sites for hydroxylation is 1. The Kier molecular flexibility index (Phi) is 5.75. The number of benzene rings is 2. The van der Waals surface area contributed by atoms with Crippen molar-refractivity contribution in [2.45, 2.75) is 31.3 Å². The minimum atomic E-state index is -0.433. The first kappa shape index (κ1) is 18.9. The van der Waals surface area contributed by atoms with E-state index in [-0.39, 0.29) is 11.4 Å². The van der Waals surface area contributed by atoms with Crippen LogP contribution in [0.1, 0.15) is 18.1 Å². The van der Waals surface area contributed by atoms with E-state index in [0.717, 1.165) is 34.2 Å². The van der Waals surface area contributed by atoms with Crippen LogP contribution >= 0.6 is 11.8 Å². The molecular formula is C19H20N4O3S. The first-order chi connectivity index (χ1) is 13.0. The number of ether oxygens (including phenoxy) is 1. The van der Waals surface area contributed by atoms with Gasteiger partial charge in [0, 0.05) is 23.9 Å². The first-order valence-electron chi connectivity index (χ1n) is 8.47. The predicted octanol–water partition coefficient (Wildman–Crippen LogP) is 4.48. The van der Waals surface area contributed by atoms with Crippen molar-refractivity contribution in [3.63, 3.8) is 0 Å². The van der Waals surface area contributed by atoms with Crippen molar-refractivity contribution in [2.75, 3.05) is 7.11 Å². The normalized spacial score (nSPS) is 10.8. The van der Waals surface area contributed by atoms with Gasteiger partial charge in [-0.1, -0.05) is 41.6 Å². The summed E-state index contributed by atoms with van der Waals surface area (Å²) in [5.41, 5.74) is 2.98. The molecular weight excluding hydrogens is 364 g/mol. The molecule has 8 heteroatoms. The number of hydrogen-bond acceptors (Lipinski definition) is 6. The monoisotopic (exact) mass is 384 g/mol. The smallest absolute Gasteiger partial charge is 0.311 e. The van der Waals surface area contributed by atoms with E-state index in [0.29, 0.717) is 5.75 Å². The third-order valence-corrected chi connectivity index (χ3v) is 5.16. The number of thioether (sulfide) groups is 1. The summed E-state index contributed by atoms with van der Waals surface area (Å²) < 4.78 is 7.10. The Labute approximate surface area is 161 Å². The predicted molar refractivity (Wildman–Crippen MR) is 105 cm³/mol. The zero-order valence-electron chi connectivity index (χ0n) is 15.4. The highest BCUT2D eigenvalue weighted by atomic mass is 32.2. The molecule has 0 unspecified atom stereocenters. The highest BCUT2D eigenvalue weighted by Crippen LogP contribution is 2.31. The van der Waals surface area contributed by atoms with Gasteiger partial charge in [0.2, 0.25) is 0 Å². The summed E-state index contributed by atoms with van der Waals surface area (Å²) in [5.74, 6) is 1.63. The fourth-order valence-electron chi connectivity index (χ4n) is 2.79. The van der Waals surface area contributed by atoms with Crippen molar-refractivity contribution >= 4 is 17.4 Å². The molecule has 3 aromatic rings. The topological polar surface area (TPSA) is 83.1 Å². The average molecular weight is 384 g/mol. The summed E-state index contributed by atoms with van der Waals surface area (Å²) >= 11 is 1.50. The van der Waals surface area contributed by atoms with E-state index in [2.05, 4.69) is 20.8 Å². The van der Waals surface area contributed by atoms with Gasteiger partial charge in [0.25, 0.3) is 0 Å². The largest absolute Gasteiger partial charge is 0.490 e. The molecule has 0 bridgehead atoms. The summed E-state index contributed by atoms with van der Waals surface area (Å²) in [6, 6.07) is 13.1. The number of rotatable bonds is 7. The van der Waals surface area contributed by atoms with E-state index >= 15 is 0 Å². The average Bonchev–Trinajstić information content (AvgIpc) is 3.09. The van der Waals surface area contributed by atoms with Gasteiger partial charge in [-0.25, -0.2) is 0 Å². The number of hydrogen-bond donors (Lipinski definition) is 0. The summed E-state index contributed by atoms with van der Waals surface area (Å²) in [6.45, 7) is 4.83. The lowest BCUT2D eigenvalue weighted by Crippen LogP contribution is -2.00. The second-order valence-electron chi connectivity index (χ2n) is 5.97. The minimum Gasteiger partial charge on any atom is -0.490 e. The molecule has 140 valence electrons. The van der Waals surface area contributed by atoms with Crippen LogP contribution in [0.5, 0.6) is 5.75 Å². The molecule has 0 radical (unpaired) electrons. The zero-order chi connectivity index (χ0) is 19.4. The zero-order valence-corrected chi connectivity index (χ0v) is 16.2. The summed E-state index contributed by atoms with van der Waals surface area (Å²) in [5, 5.41) is 20.6. The molecule has 0 atom stereocenters. The van der Waals surface area contributed by atoms with Crippen LogP contribution in [-0.4, -0.2) is 26.8 Å². The van der Waals surface area contributed by atoms with Gasteiger partial charge in [-0.3, -0.25) is 10.1 Å². The van der Waals surface area contributed by atoms with Gasteiger partial charge in [-0.2, -0.15) is 0 Å². The van der Waals surface area contributed by atoms with Crippen LogP contribution in [0, 0.1) is 17.0 Å². The Balaban J connectivity index is 1.83. The molecule has 0 spiro atoms. The van der Waals surface area contributed by atoms with Crippen molar-refractivity contribution in [3.8, 4) is 17.1 Å². The molecule has 0 aliphatic carbocycles. The maximum absolute atomic E-state index is 11.2. The van der Waals surface area contributed by atoms with Crippen molar-refractivity contribution in [2.24, 2.45) is 0 Å². The molecule has 7 nitrogen and oxygen atoms in total. The maximum Gasteiger partial charge on any atom is 0.311 e. The Morgan fingerprint density at radius 3 is 2.70 bits per heavy atom. The van der Waals surface area contributed by atoms with E-state index in [1.807, 2.05) is 38.1 Å². The number of aromatic nitrogens is 3. The van der Waals surface area contributed by atoms with Gasteiger partial charge in [0.15, 0.2) is 16.7 Å².